The SMILES string of the molecule is O=S(=O)(Oc1ccc2c3ccccc3c3ccc(C4CC4)cc3c2c1)C(F)(F)F. The first kappa shape index (κ1) is 18.2. The van der Waals surface area contributed by atoms with Gasteiger partial charge in [0.05, 0.1) is 0 Å². The molecule has 3 nitrogen and oxygen atoms in total. The molecule has 5 rings (SSSR count). The van der Waals surface area contributed by atoms with E-state index >= 15 is 0 Å². The van der Waals surface area contributed by atoms with Crippen molar-refractivity contribution in [2.45, 2.75) is 24.3 Å². The summed E-state index contributed by atoms with van der Waals surface area (Å²) in [4.78, 5) is 0. The summed E-state index contributed by atoms with van der Waals surface area (Å²) in [7, 11) is -5.73. The molecule has 1 saturated carbocycles. The van der Waals surface area contributed by atoms with Crippen molar-refractivity contribution in [2.75, 3.05) is 0 Å². The van der Waals surface area contributed by atoms with E-state index in [9.17, 15) is 21.6 Å². The molecule has 1 fully saturated rings. The lowest BCUT2D eigenvalue weighted by Crippen LogP contribution is -2.28. The molecule has 0 bridgehead atoms. The monoisotopic (exact) mass is 416 g/mol. The minimum atomic E-state index is -5.73. The van der Waals surface area contributed by atoms with Gasteiger partial charge in [-0.25, -0.2) is 0 Å². The first-order valence-corrected chi connectivity index (χ1v) is 10.5. The molecule has 0 heterocycles. The Balaban J connectivity index is 1.80. The van der Waals surface area contributed by atoms with Gasteiger partial charge < -0.3 is 4.18 Å². The van der Waals surface area contributed by atoms with E-state index in [1.54, 1.807) is 6.07 Å². The quantitative estimate of drug-likeness (QED) is 0.225. The van der Waals surface area contributed by atoms with Gasteiger partial charge in [-0.2, -0.15) is 21.6 Å². The largest absolute Gasteiger partial charge is 0.534 e. The van der Waals surface area contributed by atoms with Crippen LogP contribution in [0.1, 0.15) is 24.3 Å². The van der Waals surface area contributed by atoms with Crippen LogP contribution in [-0.2, 0) is 10.1 Å². The average molecular weight is 416 g/mol. The maximum Gasteiger partial charge on any atom is 0.534 e. The standard InChI is InChI=1S/C22H15F3O3S/c23-22(24,25)29(26,27)28-15-8-10-19-17-4-2-1-3-16(17)18-9-7-14(13-5-6-13)11-20(18)21(19)12-15/h1-4,7-13H,5-6H2. The van der Waals surface area contributed by atoms with Gasteiger partial charge in [-0.05, 0) is 74.8 Å². The van der Waals surface area contributed by atoms with Gasteiger partial charge >= 0.3 is 15.6 Å². The third-order valence-electron chi connectivity index (χ3n) is 5.37. The molecule has 0 N–H and O–H groups in total. The fraction of sp³-hybridized carbons (Fsp3) is 0.182. The third-order valence-corrected chi connectivity index (χ3v) is 6.35. The molecular weight excluding hydrogens is 401 g/mol. The fourth-order valence-corrected chi connectivity index (χ4v) is 4.30. The highest BCUT2D eigenvalue weighted by Gasteiger charge is 2.48. The number of benzene rings is 4. The van der Waals surface area contributed by atoms with Gasteiger partial charge in [-0.1, -0.05) is 42.5 Å². The first-order valence-electron chi connectivity index (χ1n) is 9.13. The van der Waals surface area contributed by atoms with E-state index in [-0.39, 0.29) is 5.75 Å². The summed E-state index contributed by atoms with van der Waals surface area (Å²) < 4.78 is 65.4. The van der Waals surface area contributed by atoms with Gasteiger partial charge in [-0.15, -0.1) is 0 Å². The lowest BCUT2D eigenvalue weighted by atomic mass is 9.92. The summed E-state index contributed by atoms with van der Waals surface area (Å²) in [6, 6.07) is 18.2. The van der Waals surface area contributed by atoms with Gasteiger partial charge in [0.15, 0.2) is 0 Å². The van der Waals surface area contributed by atoms with Crippen LogP contribution in [0.25, 0.3) is 32.3 Å². The van der Waals surface area contributed by atoms with Crippen LogP contribution < -0.4 is 4.18 Å². The predicted molar refractivity (Wildman–Crippen MR) is 107 cm³/mol. The van der Waals surface area contributed by atoms with Crippen molar-refractivity contribution in [2.24, 2.45) is 0 Å². The Bertz CT molecular complexity index is 1390. The van der Waals surface area contributed by atoms with E-state index in [0.717, 1.165) is 39.8 Å². The van der Waals surface area contributed by atoms with Gasteiger partial charge in [0.25, 0.3) is 0 Å². The topological polar surface area (TPSA) is 43.4 Å². The molecule has 0 atom stereocenters. The minimum absolute atomic E-state index is 0.358. The predicted octanol–water partition coefficient (Wildman–Crippen LogP) is 6.25. The lowest BCUT2D eigenvalue weighted by Gasteiger charge is -2.14. The lowest BCUT2D eigenvalue weighted by molar-refractivity contribution is -0.0500. The molecule has 4 aromatic carbocycles. The first-order chi connectivity index (χ1) is 13.7. The molecule has 1 aliphatic carbocycles. The van der Waals surface area contributed by atoms with Crippen molar-refractivity contribution in [3.05, 3.63) is 66.2 Å². The normalized spacial score (nSPS) is 15.3. The molecule has 0 spiro atoms. The Morgan fingerprint density at radius 1 is 0.759 bits per heavy atom. The van der Waals surface area contributed by atoms with E-state index in [0.29, 0.717) is 11.3 Å². The van der Waals surface area contributed by atoms with Crippen LogP contribution in [0.2, 0.25) is 0 Å². The summed E-state index contributed by atoms with van der Waals surface area (Å²) in [5, 5.41) is 5.31. The molecule has 4 aromatic rings. The average Bonchev–Trinajstić information content (AvgIpc) is 3.52. The summed E-state index contributed by atoms with van der Waals surface area (Å²) >= 11 is 0. The zero-order valence-corrected chi connectivity index (χ0v) is 15.8. The highest BCUT2D eigenvalue weighted by Crippen LogP contribution is 2.43. The molecule has 0 amide bonds. The summed E-state index contributed by atoms with van der Waals surface area (Å²) in [5.74, 6) is 0.147. The van der Waals surface area contributed by atoms with Gasteiger partial charge in [0.1, 0.15) is 5.75 Å². The van der Waals surface area contributed by atoms with Crippen LogP contribution in [0.15, 0.2) is 60.7 Å². The third kappa shape index (κ3) is 3.00. The number of hydrogen-bond acceptors (Lipinski definition) is 3. The number of hydrogen-bond donors (Lipinski definition) is 0. The van der Waals surface area contributed by atoms with Crippen molar-refractivity contribution in [3.63, 3.8) is 0 Å². The second-order valence-electron chi connectivity index (χ2n) is 7.32. The summed E-state index contributed by atoms with van der Waals surface area (Å²) in [6.45, 7) is 0. The smallest absolute Gasteiger partial charge is 0.376 e. The van der Waals surface area contributed by atoms with E-state index < -0.39 is 15.6 Å². The van der Waals surface area contributed by atoms with E-state index in [4.69, 9.17) is 0 Å². The zero-order valence-electron chi connectivity index (χ0n) is 15.0. The van der Waals surface area contributed by atoms with Crippen molar-refractivity contribution >= 4 is 42.4 Å². The van der Waals surface area contributed by atoms with Crippen LogP contribution in [0.4, 0.5) is 13.2 Å². The number of rotatable bonds is 3. The summed E-state index contributed by atoms with van der Waals surface area (Å²) in [5.41, 5.74) is -4.30. The zero-order chi connectivity index (χ0) is 20.4. The van der Waals surface area contributed by atoms with Gasteiger partial charge in [0, 0.05) is 0 Å². The molecule has 0 saturated heterocycles. The Morgan fingerprint density at radius 3 is 1.90 bits per heavy atom. The maximum atomic E-state index is 12.7. The van der Waals surface area contributed by atoms with E-state index in [1.165, 1.54) is 17.7 Å². The van der Waals surface area contributed by atoms with Gasteiger partial charge in [-0.3, -0.25) is 0 Å². The molecule has 1 aliphatic rings. The van der Waals surface area contributed by atoms with E-state index in [2.05, 4.69) is 16.3 Å². The van der Waals surface area contributed by atoms with Crippen LogP contribution >= 0.6 is 0 Å². The maximum absolute atomic E-state index is 12.7. The van der Waals surface area contributed by atoms with Crippen molar-refractivity contribution in [1.82, 2.24) is 0 Å². The highest BCUT2D eigenvalue weighted by molar-refractivity contribution is 7.88. The van der Waals surface area contributed by atoms with Crippen LogP contribution in [0, 0.1) is 0 Å². The number of halogens is 3. The molecular formula is C22H15F3O3S. The number of alkyl halides is 3. The van der Waals surface area contributed by atoms with E-state index in [1.807, 2.05) is 30.3 Å². The van der Waals surface area contributed by atoms with Gasteiger partial charge in [0.2, 0.25) is 0 Å². The summed E-state index contributed by atoms with van der Waals surface area (Å²) in [6.07, 6.45) is 2.24. The molecule has 7 heteroatoms. The molecule has 0 unspecified atom stereocenters. The van der Waals surface area contributed by atoms with Crippen LogP contribution in [-0.4, -0.2) is 13.9 Å². The second-order valence-corrected chi connectivity index (χ2v) is 8.85. The van der Waals surface area contributed by atoms with Crippen molar-refractivity contribution in [3.8, 4) is 5.75 Å². The highest BCUT2D eigenvalue weighted by atomic mass is 32.2. The Morgan fingerprint density at radius 2 is 1.31 bits per heavy atom. The molecule has 148 valence electrons. The Labute approximate surface area is 164 Å². The van der Waals surface area contributed by atoms with Crippen molar-refractivity contribution in [1.29, 1.82) is 0 Å². The molecule has 0 aliphatic heterocycles. The second kappa shape index (κ2) is 6.10. The molecule has 0 aromatic heterocycles. The molecule has 0 radical (unpaired) electrons. The number of fused-ring (bicyclic) bond motifs is 6. The minimum Gasteiger partial charge on any atom is -0.376 e. The van der Waals surface area contributed by atoms with Crippen LogP contribution in [0.5, 0.6) is 5.75 Å². The fourth-order valence-electron chi connectivity index (χ4n) is 3.85. The Kier molecular flexibility index (Phi) is 3.84. The molecule has 29 heavy (non-hydrogen) atoms. The Hall–Kier alpha value is -2.80. The van der Waals surface area contributed by atoms with Crippen LogP contribution in [0.3, 0.4) is 0 Å². The van der Waals surface area contributed by atoms with Crippen molar-refractivity contribution < 1.29 is 25.8 Å².